The van der Waals surface area contributed by atoms with Gasteiger partial charge in [-0.05, 0) is 45.3 Å². The number of likely N-dealkylation sites (N-methyl/N-ethyl adjacent to an activating group) is 2. The van der Waals surface area contributed by atoms with Crippen molar-refractivity contribution in [2.75, 3.05) is 33.8 Å². The standard InChI is InChI=1S/C17H28N2O/c1-5-19(11-14-7-8-14)12-16(18-3)15-10-13(2)6-9-17(15)20-4/h6,9-10,14,16,18H,5,7-8,11-12H2,1-4H3. The molecule has 20 heavy (non-hydrogen) atoms. The first kappa shape index (κ1) is 15.3. The molecule has 1 unspecified atom stereocenters. The molecular weight excluding hydrogens is 248 g/mol. The van der Waals surface area contributed by atoms with Crippen molar-refractivity contribution in [3.63, 3.8) is 0 Å². The Labute approximate surface area is 123 Å². The van der Waals surface area contributed by atoms with E-state index in [-0.39, 0.29) is 0 Å². The quantitative estimate of drug-likeness (QED) is 0.790. The molecular formula is C17H28N2O. The highest BCUT2D eigenvalue weighted by molar-refractivity contribution is 5.39. The molecule has 1 aliphatic rings. The zero-order valence-electron chi connectivity index (χ0n) is 13.3. The molecule has 112 valence electrons. The molecule has 1 aromatic rings. The molecule has 0 saturated heterocycles. The first-order valence-electron chi connectivity index (χ1n) is 7.72. The average molecular weight is 276 g/mol. The number of rotatable bonds is 8. The summed E-state index contributed by atoms with van der Waals surface area (Å²) in [6.07, 6.45) is 2.82. The van der Waals surface area contributed by atoms with Crippen LogP contribution in [0.15, 0.2) is 18.2 Å². The van der Waals surface area contributed by atoms with Crippen molar-refractivity contribution >= 4 is 0 Å². The Bertz CT molecular complexity index is 429. The SMILES string of the molecule is CCN(CC1CC1)CC(NC)c1cc(C)ccc1OC. The van der Waals surface area contributed by atoms with Gasteiger partial charge < -0.3 is 15.0 Å². The third kappa shape index (κ3) is 3.97. The lowest BCUT2D eigenvalue weighted by atomic mass is 10.0. The number of ether oxygens (including phenoxy) is 1. The molecule has 1 fully saturated rings. The smallest absolute Gasteiger partial charge is 0.123 e. The van der Waals surface area contributed by atoms with Crippen LogP contribution in [0.3, 0.4) is 0 Å². The van der Waals surface area contributed by atoms with Gasteiger partial charge in [-0.1, -0.05) is 24.6 Å². The van der Waals surface area contributed by atoms with Gasteiger partial charge in [0, 0.05) is 24.7 Å². The second-order valence-electron chi connectivity index (χ2n) is 5.88. The molecule has 0 aromatic heterocycles. The Morgan fingerprint density at radius 1 is 1.40 bits per heavy atom. The van der Waals surface area contributed by atoms with Crippen molar-refractivity contribution < 1.29 is 4.74 Å². The van der Waals surface area contributed by atoms with Crippen LogP contribution in [0.1, 0.15) is 36.9 Å². The first-order chi connectivity index (χ1) is 9.67. The van der Waals surface area contributed by atoms with Gasteiger partial charge in [-0.25, -0.2) is 0 Å². The summed E-state index contributed by atoms with van der Waals surface area (Å²) in [5, 5.41) is 3.46. The highest BCUT2D eigenvalue weighted by Gasteiger charge is 2.25. The molecule has 3 nitrogen and oxygen atoms in total. The van der Waals surface area contributed by atoms with Gasteiger partial charge in [0.05, 0.1) is 7.11 Å². The fourth-order valence-corrected chi connectivity index (χ4v) is 2.73. The molecule has 0 radical (unpaired) electrons. The van der Waals surface area contributed by atoms with Crippen LogP contribution < -0.4 is 10.1 Å². The van der Waals surface area contributed by atoms with E-state index < -0.39 is 0 Å². The highest BCUT2D eigenvalue weighted by Crippen LogP contribution is 2.31. The summed E-state index contributed by atoms with van der Waals surface area (Å²) in [7, 11) is 3.79. The predicted molar refractivity (Wildman–Crippen MR) is 84.4 cm³/mol. The number of benzene rings is 1. The van der Waals surface area contributed by atoms with Crippen LogP contribution in [0.4, 0.5) is 0 Å². The van der Waals surface area contributed by atoms with Crippen molar-refractivity contribution in [1.29, 1.82) is 0 Å². The second-order valence-corrected chi connectivity index (χ2v) is 5.88. The van der Waals surface area contributed by atoms with E-state index in [0.29, 0.717) is 6.04 Å². The second kappa shape index (κ2) is 7.09. The van der Waals surface area contributed by atoms with Gasteiger partial charge in [0.15, 0.2) is 0 Å². The molecule has 1 aromatic carbocycles. The molecule has 0 heterocycles. The van der Waals surface area contributed by atoms with E-state index in [0.717, 1.165) is 24.8 Å². The fourth-order valence-electron chi connectivity index (χ4n) is 2.73. The van der Waals surface area contributed by atoms with Gasteiger partial charge in [0.1, 0.15) is 5.75 Å². The highest BCUT2D eigenvalue weighted by atomic mass is 16.5. The van der Waals surface area contributed by atoms with Gasteiger partial charge in [0.25, 0.3) is 0 Å². The van der Waals surface area contributed by atoms with Crippen LogP contribution in [-0.2, 0) is 0 Å². The number of methoxy groups -OCH3 is 1. The third-order valence-electron chi connectivity index (χ3n) is 4.21. The Balaban J connectivity index is 2.11. The van der Waals surface area contributed by atoms with Gasteiger partial charge in [-0.2, -0.15) is 0 Å². The van der Waals surface area contributed by atoms with Crippen LogP contribution in [0.5, 0.6) is 5.75 Å². The lowest BCUT2D eigenvalue weighted by Crippen LogP contribution is -2.35. The maximum atomic E-state index is 5.53. The largest absolute Gasteiger partial charge is 0.496 e. The Kier molecular flexibility index (Phi) is 5.44. The van der Waals surface area contributed by atoms with Crippen LogP contribution >= 0.6 is 0 Å². The van der Waals surface area contributed by atoms with Crippen LogP contribution in [0.2, 0.25) is 0 Å². The average Bonchev–Trinajstić information content (AvgIpc) is 3.27. The van der Waals surface area contributed by atoms with Crippen molar-refractivity contribution in [2.24, 2.45) is 5.92 Å². The van der Waals surface area contributed by atoms with Gasteiger partial charge in [-0.15, -0.1) is 0 Å². The van der Waals surface area contributed by atoms with E-state index in [1.165, 1.54) is 30.5 Å². The topological polar surface area (TPSA) is 24.5 Å². The van der Waals surface area contributed by atoms with E-state index in [1.54, 1.807) is 7.11 Å². The molecule has 2 rings (SSSR count). The minimum atomic E-state index is 0.323. The summed E-state index contributed by atoms with van der Waals surface area (Å²) in [6.45, 7) is 7.79. The third-order valence-corrected chi connectivity index (χ3v) is 4.21. The van der Waals surface area contributed by atoms with Crippen LogP contribution in [-0.4, -0.2) is 38.7 Å². The maximum absolute atomic E-state index is 5.53. The molecule has 1 aliphatic carbocycles. The van der Waals surface area contributed by atoms with E-state index in [4.69, 9.17) is 4.74 Å². The van der Waals surface area contributed by atoms with Crippen molar-refractivity contribution in [3.05, 3.63) is 29.3 Å². The van der Waals surface area contributed by atoms with Crippen LogP contribution in [0, 0.1) is 12.8 Å². The number of aryl methyl sites for hydroxylation is 1. The molecule has 0 amide bonds. The molecule has 1 atom stereocenters. The number of hydrogen-bond donors (Lipinski definition) is 1. The predicted octanol–water partition coefficient (Wildman–Crippen LogP) is 3.00. The zero-order valence-corrected chi connectivity index (χ0v) is 13.3. The zero-order chi connectivity index (χ0) is 14.5. The molecule has 3 heteroatoms. The Morgan fingerprint density at radius 3 is 2.70 bits per heavy atom. The molecule has 0 aliphatic heterocycles. The van der Waals surface area contributed by atoms with Crippen molar-refractivity contribution in [3.8, 4) is 5.75 Å². The Hall–Kier alpha value is -1.06. The minimum absolute atomic E-state index is 0.323. The molecule has 0 bridgehead atoms. The summed E-state index contributed by atoms with van der Waals surface area (Å²) in [5.41, 5.74) is 2.55. The lowest BCUT2D eigenvalue weighted by Gasteiger charge is -2.27. The van der Waals surface area contributed by atoms with Crippen molar-refractivity contribution in [2.45, 2.75) is 32.7 Å². The maximum Gasteiger partial charge on any atom is 0.123 e. The number of nitrogens with one attached hydrogen (secondary N) is 1. The van der Waals surface area contributed by atoms with E-state index >= 15 is 0 Å². The van der Waals surface area contributed by atoms with E-state index in [1.807, 2.05) is 7.05 Å². The molecule has 0 spiro atoms. The number of nitrogens with zero attached hydrogens (tertiary/aromatic N) is 1. The number of hydrogen-bond acceptors (Lipinski definition) is 3. The first-order valence-corrected chi connectivity index (χ1v) is 7.72. The lowest BCUT2D eigenvalue weighted by molar-refractivity contribution is 0.246. The van der Waals surface area contributed by atoms with Gasteiger partial charge in [0.2, 0.25) is 0 Å². The van der Waals surface area contributed by atoms with Gasteiger partial charge in [-0.3, -0.25) is 0 Å². The summed E-state index contributed by atoms with van der Waals surface area (Å²) < 4.78 is 5.53. The minimum Gasteiger partial charge on any atom is -0.496 e. The summed E-state index contributed by atoms with van der Waals surface area (Å²) in [4.78, 5) is 2.56. The molecule has 1 saturated carbocycles. The van der Waals surface area contributed by atoms with E-state index in [9.17, 15) is 0 Å². The summed E-state index contributed by atoms with van der Waals surface area (Å²) in [5.74, 6) is 1.92. The summed E-state index contributed by atoms with van der Waals surface area (Å²) in [6, 6.07) is 6.75. The van der Waals surface area contributed by atoms with Crippen LogP contribution in [0.25, 0.3) is 0 Å². The Morgan fingerprint density at radius 2 is 2.15 bits per heavy atom. The normalized spacial score (nSPS) is 16.4. The van der Waals surface area contributed by atoms with E-state index in [2.05, 4.69) is 42.3 Å². The molecule has 1 N–H and O–H groups in total. The monoisotopic (exact) mass is 276 g/mol. The summed E-state index contributed by atoms with van der Waals surface area (Å²) >= 11 is 0. The fraction of sp³-hybridized carbons (Fsp3) is 0.647. The van der Waals surface area contributed by atoms with Gasteiger partial charge >= 0.3 is 0 Å². The van der Waals surface area contributed by atoms with Crippen molar-refractivity contribution in [1.82, 2.24) is 10.2 Å².